The summed E-state index contributed by atoms with van der Waals surface area (Å²) in [5.41, 5.74) is 2.03. The van der Waals surface area contributed by atoms with Crippen LogP contribution < -0.4 is 10.6 Å². The maximum absolute atomic E-state index is 12.5. The molecule has 0 saturated carbocycles. The molecule has 130 valence electrons. The van der Waals surface area contributed by atoms with Crippen LogP contribution >= 0.6 is 11.3 Å². The third-order valence-electron chi connectivity index (χ3n) is 3.99. The summed E-state index contributed by atoms with van der Waals surface area (Å²) in [6.45, 7) is 4.15. The molecule has 2 aromatic carbocycles. The second kappa shape index (κ2) is 6.61. The highest BCUT2D eigenvalue weighted by atomic mass is 32.1. The fourth-order valence-corrected chi connectivity index (χ4v) is 3.91. The molecule has 0 saturated heterocycles. The lowest BCUT2D eigenvalue weighted by Gasteiger charge is -2.01. The summed E-state index contributed by atoms with van der Waals surface area (Å²) >= 11 is 1.43. The van der Waals surface area contributed by atoms with E-state index in [-0.39, 0.29) is 6.54 Å². The van der Waals surface area contributed by atoms with Crippen LogP contribution in [0.25, 0.3) is 21.3 Å². The van der Waals surface area contributed by atoms with E-state index < -0.39 is 11.7 Å². The maximum Gasteiger partial charge on any atom is 0.420 e. The van der Waals surface area contributed by atoms with E-state index in [2.05, 4.69) is 11.6 Å². The van der Waals surface area contributed by atoms with Crippen molar-refractivity contribution in [3.8, 4) is 0 Å². The number of fused-ring (bicyclic) bond motifs is 2. The van der Waals surface area contributed by atoms with Gasteiger partial charge in [0.25, 0.3) is 5.91 Å². The molecular weight excluding hydrogens is 350 g/mol. The van der Waals surface area contributed by atoms with Gasteiger partial charge >= 0.3 is 5.76 Å². The van der Waals surface area contributed by atoms with Crippen molar-refractivity contribution in [1.29, 1.82) is 0 Å². The number of thiazole rings is 1. The number of nitrogens with zero attached hydrogens (tertiary/aromatic N) is 3. The monoisotopic (exact) mass is 365 g/mol. The highest BCUT2D eigenvalue weighted by molar-refractivity contribution is 7.16. The van der Waals surface area contributed by atoms with Crippen LogP contribution in [0.3, 0.4) is 0 Å². The van der Waals surface area contributed by atoms with Crippen LogP contribution in [0.5, 0.6) is 0 Å². The number of oxazole rings is 1. The Labute approximate surface area is 151 Å². The first-order chi connectivity index (χ1) is 12.7. The van der Waals surface area contributed by atoms with Crippen molar-refractivity contribution >= 4 is 38.6 Å². The number of allylic oxidation sites excluding steroid dienone is 1. The van der Waals surface area contributed by atoms with Crippen molar-refractivity contribution in [2.45, 2.75) is 13.1 Å². The summed E-state index contributed by atoms with van der Waals surface area (Å²) in [7, 11) is 0. The molecule has 0 radical (unpaired) electrons. The van der Waals surface area contributed by atoms with E-state index in [0.29, 0.717) is 22.4 Å². The average Bonchev–Trinajstić information content (AvgIpc) is 3.13. The van der Waals surface area contributed by atoms with Gasteiger partial charge in [-0.05, 0) is 24.3 Å². The van der Waals surface area contributed by atoms with Gasteiger partial charge in [0.2, 0.25) is 0 Å². The van der Waals surface area contributed by atoms with Crippen molar-refractivity contribution in [3.05, 3.63) is 76.5 Å². The molecule has 0 spiro atoms. The summed E-state index contributed by atoms with van der Waals surface area (Å²) in [5.74, 6) is -0.979. The fourth-order valence-electron chi connectivity index (χ4n) is 2.85. The van der Waals surface area contributed by atoms with E-state index in [1.807, 2.05) is 28.8 Å². The Morgan fingerprint density at radius 1 is 1.12 bits per heavy atom. The number of benzene rings is 2. The minimum absolute atomic E-state index is 0.168. The minimum atomic E-state index is -0.565. The molecule has 1 amide bonds. The average molecular weight is 365 g/mol. The third kappa shape index (κ3) is 2.82. The number of carbonyl (C=O) groups is 1. The highest BCUT2D eigenvalue weighted by Crippen LogP contribution is 2.17. The summed E-state index contributed by atoms with van der Waals surface area (Å²) in [5, 5.41) is 0. The number of para-hydroxylation sites is 3. The Morgan fingerprint density at radius 2 is 1.85 bits per heavy atom. The van der Waals surface area contributed by atoms with Crippen LogP contribution in [0.4, 0.5) is 0 Å². The van der Waals surface area contributed by atoms with Gasteiger partial charge in [-0.1, -0.05) is 41.7 Å². The largest absolute Gasteiger partial charge is 0.420 e. The molecule has 0 unspecified atom stereocenters. The smallest absolute Gasteiger partial charge is 0.408 e. The fraction of sp³-hybridized carbons (Fsp3) is 0.105. The SMILES string of the molecule is C=CCn1c(=NC(=O)Cn2c(=O)oc3ccccc32)sc2ccccc21. The molecule has 0 bridgehead atoms. The van der Waals surface area contributed by atoms with Crippen molar-refractivity contribution in [1.82, 2.24) is 9.13 Å². The van der Waals surface area contributed by atoms with Crippen LogP contribution in [0.1, 0.15) is 0 Å². The van der Waals surface area contributed by atoms with Crippen molar-refractivity contribution < 1.29 is 9.21 Å². The molecule has 26 heavy (non-hydrogen) atoms. The van der Waals surface area contributed by atoms with Gasteiger partial charge in [-0.2, -0.15) is 4.99 Å². The maximum atomic E-state index is 12.5. The zero-order valence-corrected chi connectivity index (χ0v) is 14.6. The van der Waals surface area contributed by atoms with E-state index in [4.69, 9.17) is 4.42 Å². The van der Waals surface area contributed by atoms with Crippen molar-refractivity contribution in [2.75, 3.05) is 0 Å². The molecule has 4 rings (SSSR count). The molecule has 0 aliphatic rings. The Kier molecular flexibility index (Phi) is 4.14. The minimum Gasteiger partial charge on any atom is -0.408 e. The van der Waals surface area contributed by atoms with E-state index in [1.54, 1.807) is 30.3 Å². The van der Waals surface area contributed by atoms with E-state index >= 15 is 0 Å². The van der Waals surface area contributed by atoms with Gasteiger partial charge in [-0.3, -0.25) is 9.36 Å². The van der Waals surface area contributed by atoms with Crippen LogP contribution in [0.15, 0.2) is 75.4 Å². The second-order valence-corrected chi connectivity index (χ2v) is 6.69. The molecule has 2 heterocycles. The molecule has 4 aromatic rings. The summed E-state index contributed by atoms with van der Waals surface area (Å²) in [6.07, 6.45) is 1.76. The molecule has 2 aromatic heterocycles. The molecule has 0 fully saturated rings. The van der Waals surface area contributed by atoms with Crippen LogP contribution in [0, 0.1) is 0 Å². The number of amides is 1. The number of carbonyl (C=O) groups excluding carboxylic acids is 1. The molecule has 7 heteroatoms. The van der Waals surface area contributed by atoms with Gasteiger partial charge in [0.1, 0.15) is 6.54 Å². The molecule has 0 atom stereocenters. The zero-order chi connectivity index (χ0) is 18.1. The zero-order valence-electron chi connectivity index (χ0n) is 13.8. The first-order valence-corrected chi connectivity index (χ1v) is 8.84. The molecular formula is C19H15N3O3S. The van der Waals surface area contributed by atoms with Crippen molar-refractivity contribution in [2.24, 2.45) is 4.99 Å². The third-order valence-corrected chi connectivity index (χ3v) is 5.05. The molecule has 0 aliphatic heterocycles. The standard InChI is InChI=1S/C19H15N3O3S/c1-2-11-21-14-8-4-6-10-16(14)26-18(21)20-17(23)12-22-13-7-3-5-9-15(13)25-19(22)24/h2-10H,1,11-12H2. The number of rotatable bonds is 4. The van der Waals surface area contributed by atoms with Crippen molar-refractivity contribution in [3.63, 3.8) is 0 Å². The van der Waals surface area contributed by atoms with Gasteiger partial charge in [-0.25, -0.2) is 4.79 Å². The first-order valence-electron chi connectivity index (χ1n) is 8.02. The van der Waals surface area contributed by atoms with Gasteiger partial charge in [0, 0.05) is 6.54 Å². The highest BCUT2D eigenvalue weighted by Gasteiger charge is 2.12. The summed E-state index contributed by atoms with van der Waals surface area (Å²) < 4.78 is 9.42. The lowest BCUT2D eigenvalue weighted by atomic mass is 10.3. The van der Waals surface area contributed by atoms with E-state index in [1.165, 1.54) is 15.9 Å². The summed E-state index contributed by atoms with van der Waals surface area (Å²) in [6, 6.07) is 14.8. The Bertz CT molecular complexity index is 1260. The van der Waals surface area contributed by atoms with Gasteiger partial charge in [0.05, 0.1) is 15.7 Å². The normalized spacial score (nSPS) is 12.1. The van der Waals surface area contributed by atoms with E-state index in [0.717, 1.165) is 10.2 Å². The first kappa shape index (κ1) is 16.3. The van der Waals surface area contributed by atoms with Gasteiger partial charge in [-0.15, -0.1) is 6.58 Å². The Hall–Kier alpha value is -3.19. The van der Waals surface area contributed by atoms with Gasteiger partial charge < -0.3 is 8.98 Å². The lowest BCUT2D eigenvalue weighted by molar-refractivity contribution is -0.118. The van der Waals surface area contributed by atoms with Crippen LogP contribution in [0.2, 0.25) is 0 Å². The molecule has 6 nitrogen and oxygen atoms in total. The number of hydrogen-bond acceptors (Lipinski definition) is 4. The lowest BCUT2D eigenvalue weighted by Crippen LogP contribution is -2.22. The van der Waals surface area contributed by atoms with Crippen LogP contribution in [-0.4, -0.2) is 15.0 Å². The van der Waals surface area contributed by atoms with E-state index in [9.17, 15) is 9.59 Å². The predicted octanol–water partition coefficient (Wildman–Crippen LogP) is 2.92. The van der Waals surface area contributed by atoms with Crippen LogP contribution in [-0.2, 0) is 17.9 Å². The quantitative estimate of drug-likeness (QED) is 0.522. The topological polar surface area (TPSA) is 69.5 Å². The Balaban J connectivity index is 1.76. The van der Waals surface area contributed by atoms with Gasteiger partial charge in [0.15, 0.2) is 10.4 Å². The molecule has 0 aliphatic carbocycles. The Morgan fingerprint density at radius 3 is 2.65 bits per heavy atom. The number of hydrogen-bond donors (Lipinski definition) is 0. The predicted molar refractivity (Wildman–Crippen MR) is 101 cm³/mol. The number of aromatic nitrogens is 2. The molecule has 0 N–H and O–H groups in total. The summed E-state index contributed by atoms with van der Waals surface area (Å²) in [4.78, 5) is 29.3. The second-order valence-electron chi connectivity index (χ2n) is 5.68.